The molecule has 5 heteroatoms. The summed E-state index contributed by atoms with van der Waals surface area (Å²) in [6.45, 7) is 3.53. The van der Waals surface area contributed by atoms with E-state index in [0.717, 1.165) is 52.0 Å². The Morgan fingerprint density at radius 1 is 1.50 bits per heavy atom. The quantitative estimate of drug-likeness (QED) is 0.912. The van der Waals surface area contributed by atoms with E-state index in [4.69, 9.17) is 4.74 Å². The number of H-pyrrole nitrogens is 1. The van der Waals surface area contributed by atoms with Crippen LogP contribution < -0.4 is 0 Å². The SMILES string of the molecule is O=C(CCCc1cn[nH]c1)N1CCCC2(CCOC2)C1. The topological polar surface area (TPSA) is 58.2 Å². The number of nitrogens with one attached hydrogen (secondary N) is 1. The number of aromatic amines is 1. The lowest BCUT2D eigenvalue weighted by Crippen LogP contribution is -2.46. The van der Waals surface area contributed by atoms with E-state index in [9.17, 15) is 4.79 Å². The second kappa shape index (κ2) is 5.95. The summed E-state index contributed by atoms with van der Waals surface area (Å²) in [6, 6.07) is 0. The van der Waals surface area contributed by atoms with Crippen LogP contribution in [0.5, 0.6) is 0 Å². The van der Waals surface area contributed by atoms with Crippen LogP contribution in [0.3, 0.4) is 0 Å². The number of carbonyl (C=O) groups excluding carboxylic acids is 1. The monoisotopic (exact) mass is 277 g/mol. The van der Waals surface area contributed by atoms with Gasteiger partial charge in [-0.25, -0.2) is 0 Å². The molecule has 5 nitrogen and oxygen atoms in total. The maximum absolute atomic E-state index is 12.3. The first-order chi connectivity index (χ1) is 9.77. The first-order valence-electron chi connectivity index (χ1n) is 7.61. The van der Waals surface area contributed by atoms with E-state index in [0.29, 0.717) is 12.3 Å². The normalized spacial score (nSPS) is 26.3. The predicted octanol–water partition coefficient (Wildman–Crippen LogP) is 1.76. The Balaban J connectivity index is 1.47. The maximum Gasteiger partial charge on any atom is 0.222 e. The van der Waals surface area contributed by atoms with Gasteiger partial charge in [-0.3, -0.25) is 9.89 Å². The zero-order valence-electron chi connectivity index (χ0n) is 11.9. The molecule has 2 saturated heterocycles. The Morgan fingerprint density at radius 2 is 2.45 bits per heavy atom. The van der Waals surface area contributed by atoms with Crippen LogP contribution in [0.1, 0.15) is 37.7 Å². The predicted molar refractivity (Wildman–Crippen MR) is 75.2 cm³/mol. The number of hydrogen-bond donors (Lipinski definition) is 1. The van der Waals surface area contributed by atoms with Crippen LogP contribution in [0.4, 0.5) is 0 Å². The van der Waals surface area contributed by atoms with Crippen molar-refractivity contribution in [1.29, 1.82) is 0 Å². The number of carbonyl (C=O) groups is 1. The summed E-state index contributed by atoms with van der Waals surface area (Å²) in [5.41, 5.74) is 1.44. The molecular formula is C15H23N3O2. The van der Waals surface area contributed by atoms with Gasteiger partial charge in [-0.05, 0) is 37.7 Å². The fourth-order valence-electron chi connectivity index (χ4n) is 3.41. The van der Waals surface area contributed by atoms with E-state index in [1.807, 2.05) is 12.4 Å². The van der Waals surface area contributed by atoms with Crippen molar-refractivity contribution >= 4 is 5.91 Å². The molecule has 0 saturated carbocycles. The summed E-state index contributed by atoms with van der Waals surface area (Å²) in [7, 11) is 0. The van der Waals surface area contributed by atoms with Gasteiger partial charge in [0, 0.05) is 37.7 Å². The third-order valence-electron chi connectivity index (χ3n) is 4.61. The lowest BCUT2D eigenvalue weighted by atomic mass is 9.79. The molecule has 110 valence electrons. The van der Waals surface area contributed by atoms with Crippen molar-refractivity contribution < 1.29 is 9.53 Å². The van der Waals surface area contributed by atoms with E-state index in [-0.39, 0.29) is 5.41 Å². The Labute approximate surface area is 119 Å². The number of ether oxygens (including phenoxy) is 1. The summed E-state index contributed by atoms with van der Waals surface area (Å²) in [4.78, 5) is 14.4. The largest absolute Gasteiger partial charge is 0.381 e. The minimum Gasteiger partial charge on any atom is -0.381 e. The highest BCUT2D eigenvalue weighted by Gasteiger charge is 2.39. The van der Waals surface area contributed by atoms with Gasteiger partial charge in [0.05, 0.1) is 12.8 Å². The van der Waals surface area contributed by atoms with Gasteiger partial charge < -0.3 is 9.64 Å². The van der Waals surface area contributed by atoms with Gasteiger partial charge >= 0.3 is 0 Å². The molecular weight excluding hydrogens is 254 g/mol. The van der Waals surface area contributed by atoms with Crippen molar-refractivity contribution in [2.45, 2.75) is 38.5 Å². The summed E-state index contributed by atoms with van der Waals surface area (Å²) in [6.07, 6.45) is 9.64. The lowest BCUT2D eigenvalue weighted by molar-refractivity contribution is -0.134. The molecule has 2 aliphatic rings. The Morgan fingerprint density at radius 3 is 3.20 bits per heavy atom. The molecule has 0 aliphatic carbocycles. The molecule has 3 rings (SSSR count). The van der Waals surface area contributed by atoms with Gasteiger partial charge in [0.25, 0.3) is 0 Å². The zero-order valence-corrected chi connectivity index (χ0v) is 11.9. The maximum atomic E-state index is 12.3. The molecule has 1 aromatic rings. The minimum atomic E-state index is 0.262. The van der Waals surface area contributed by atoms with Crippen LogP contribution in [0.15, 0.2) is 12.4 Å². The number of aromatic nitrogens is 2. The third kappa shape index (κ3) is 3.03. The van der Waals surface area contributed by atoms with Crippen molar-refractivity contribution in [2.24, 2.45) is 5.41 Å². The summed E-state index contributed by atoms with van der Waals surface area (Å²) in [5.74, 6) is 0.305. The van der Waals surface area contributed by atoms with Crippen molar-refractivity contribution in [1.82, 2.24) is 15.1 Å². The number of rotatable bonds is 4. The van der Waals surface area contributed by atoms with Crippen molar-refractivity contribution in [3.05, 3.63) is 18.0 Å². The number of amides is 1. The number of aryl methyl sites for hydroxylation is 1. The Bertz CT molecular complexity index is 438. The minimum absolute atomic E-state index is 0.262. The first-order valence-corrected chi connectivity index (χ1v) is 7.61. The molecule has 1 N–H and O–H groups in total. The summed E-state index contributed by atoms with van der Waals surface area (Å²) >= 11 is 0. The van der Waals surface area contributed by atoms with Crippen molar-refractivity contribution in [3.63, 3.8) is 0 Å². The fraction of sp³-hybridized carbons (Fsp3) is 0.733. The number of hydrogen-bond acceptors (Lipinski definition) is 3. The molecule has 3 heterocycles. The lowest BCUT2D eigenvalue weighted by Gasteiger charge is -2.39. The van der Waals surface area contributed by atoms with E-state index in [2.05, 4.69) is 15.1 Å². The third-order valence-corrected chi connectivity index (χ3v) is 4.61. The Kier molecular flexibility index (Phi) is 4.05. The van der Waals surface area contributed by atoms with Gasteiger partial charge in [0.15, 0.2) is 0 Å². The molecule has 1 atom stereocenters. The molecule has 0 bridgehead atoms. The first kappa shape index (κ1) is 13.6. The average molecular weight is 277 g/mol. The van der Waals surface area contributed by atoms with E-state index in [1.54, 1.807) is 0 Å². The number of nitrogens with zero attached hydrogens (tertiary/aromatic N) is 2. The molecule has 0 aromatic carbocycles. The average Bonchev–Trinajstić information content (AvgIpc) is 3.11. The second-order valence-electron chi connectivity index (χ2n) is 6.18. The van der Waals surface area contributed by atoms with Gasteiger partial charge in [-0.15, -0.1) is 0 Å². The van der Waals surface area contributed by atoms with Crippen LogP contribution in [-0.4, -0.2) is 47.3 Å². The number of likely N-dealkylation sites (tertiary alicyclic amines) is 1. The van der Waals surface area contributed by atoms with Gasteiger partial charge in [0.1, 0.15) is 0 Å². The van der Waals surface area contributed by atoms with Gasteiger partial charge in [-0.1, -0.05) is 0 Å². The van der Waals surface area contributed by atoms with E-state index >= 15 is 0 Å². The standard InChI is InChI=1S/C15H23N3O2/c19-14(4-1-3-13-9-16-17-10-13)18-7-2-5-15(11-18)6-8-20-12-15/h9-10H,1-8,11-12H2,(H,16,17). The van der Waals surface area contributed by atoms with Crippen LogP contribution >= 0.6 is 0 Å². The van der Waals surface area contributed by atoms with Crippen LogP contribution in [0.25, 0.3) is 0 Å². The fourth-order valence-corrected chi connectivity index (χ4v) is 3.41. The highest BCUT2D eigenvalue weighted by Crippen LogP contribution is 2.37. The summed E-state index contributed by atoms with van der Waals surface area (Å²) in [5, 5.41) is 6.73. The molecule has 2 fully saturated rings. The van der Waals surface area contributed by atoms with Crippen LogP contribution in [-0.2, 0) is 16.0 Å². The summed E-state index contributed by atoms with van der Waals surface area (Å²) < 4.78 is 5.55. The van der Waals surface area contributed by atoms with Gasteiger partial charge in [-0.2, -0.15) is 5.10 Å². The van der Waals surface area contributed by atoms with Crippen LogP contribution in [0.2, 0.25) is 0 Å². The van der Waals surface area contributed by atoms with Gasteiger partial charge in [0.2, 0.25) is 5.91 Å². The van der Waals surface area contributed by atoms with Crippen molar-refractivity contribution in [3.8, 4) is 0 Å². The van der Waals surface area contributed by atoms with E-state index in [1.165, 1.54) is 12.0 Å². The molecule has 20 heavy (non-hydrogen) atoms. The smallest absolute Gasteiger partial charge is 0.222 e. The zero-order chi connectivity index (χ0) is 13.8. The second-order valence-corrected chi connectivity index (χ2v) is 6.18. The Hall–Kier alpha value is -1.36. The van der Waals surface area contributed by atoms with Crippen molar-refractivity contribution in [2.75, 3.05) is 26.3 Å². The molecule has 1 unspecified atom stereocenters. The highest BCUT2D eigenvalue weighted by molar-refractivity contribution is 5.76. The number of piperidine rings is 1. The van der Waals surface area contributed by atoms with Crippen LogP contribution in [0, 0.1) is 5.41 Å². The molecule has 1 spiro atoms. The molecule has 1 aromatic heterocycles. The van der Waals surface area contributed by atoms with E-state index < -0.39 is 0 Å². The molecule has 1 amide bonds. The molecule has 2 aliphatic heterocycles. The molecule has 0 radical (unpaired) electrons. The highest BCUT2D eigenvalue weighted by atomic mass is 16.5.